The van der Waals surface area contributed by atoms with E-state index in [1.807, 2.05) is 37.4 Å². The van der Waals surface area contributed by atoms with Crippen LogP contribution in [0.25, 0.3) is 0 Å². The number of para-hydroxylation sites is 1. The third-order valence-electron chi connectivity index (χ3n) is 4.92. The summed E-state index contributed by atoms with van der Waals surface area (Å²) in [6, 6.07) is 16.5. The van der Waals surface area contributed by atoms with Gasteiger partial charge in [0.25, 0.3) is 0 Å². The zero-order chi connectivity index (χ0) is 18.4. The molecule has 1 saturated heterocycles. The molecular formula is C21H27N3O2. The minimum Gasteiger partial charge on any atom is -0.497 e. The number of nitrogens with one attached hydrogen (secondary N) is 1. The van der Waals surface area contributed by atoms with Gasteiger partial charge in [0.15, 0.2) is 5.96 Å². The van der Waals surface area contributed by atoms with E-state index in [-0.39, 0.29) is 0 Å². The van der Waals surface area contributed by atoms with Crippen LogP contribution in [-0.2, 0) is 6.54 Å². The molecule has 0 saturated carbocycles. The second-order valence-corrected chi connectivity index (χ2v) is 6.42. The summed E-state index contributed by atoms with van der Waals surface area (Å²) in [5.41, 5.74) is 2.48. The maximum absolute atomic E-state index is 5.43. The molecule has 1 aliphatic heterocycles. The van der Waals surface area contributed by atoms with Gasteiger partial charge in [-0.05, 0) is 30.2 Å². The number of ether oxygens (including phenoxy) is 2. The van der Waals surface area contributed by atoms with Gasteiger partial charge in [-0.3, -0.25) is 4.99 Å². The molecule has 0 aliphatic carbocycles. The van der Waals surface area contributed by atoms with E-state index in [9.17, 15) is 0 Å². The highest BCUT2D eigenvalue weighted by atomic mass is 16.5. The van der Waals surface area contributed by atoms with Crippen LogP contribution in [0.3, 0.4) is 0 Å². The van der Waals surface area contributed by atoms with E-state index in [2.05, 4.69) is 33.4 Å². The monoisotopic (exact) mass is 353 g/mol. The molecular weight excluding hydrogens is 326 g/mol. The van der Waals surface area contributed by atoms with Gasteiger partial charge in [-0.25, -0.2) is 0 Å². The molecule has 0 radical (unpaired) electrons. The van der Waals surface area contributed by atoms with Crippen molar-refractivity contribution in [2.75, 3.05) is 34.4 Å². The van der Waals surface area contributed by atoms with Crippen molar-refractivity contribution in [2.45, 2.75) is 18.9 Å². The predicted octanol–water partition coefficient (Wildman–Crippen LogP) is 3.27. The van der Waals surface area contributed by atoms with Gasteiger partial charge in [0, 0.05) is 38.2 Å². The maximum Gasteiger partial charge on any atom is 0.193 e. The number of likely N-dealkylation sites (tertiary alicyclic amines) is 1. The lowest BCUT2D eigenvalue weighted by Crippen LogP contribution is -2.39. The molecule has 0 amide bonds. The average Bonchev–Trinajstić information content (AvgIpc) is 3.19. The highest BCUT2D eigenvalue weighted by molar-refractivity contribution is 5.80. The molecule has 1 N–H and O–H groups in total. The van der Waals surface area contributed by atoms with E-state index in [0.717, 1.165) is 42.5 Å². The minimum atomic E-state index is 0.519. The van der Waals surface area contributed by atoms with Gasteiger partial charge in [0.05, 0.1) is 14.2 Å². The van der Waals surface area contributed by atoms with Gasteiger partial charge in [0.1, 0.15) is 11.5 Å². The minimum absolute atomic E-state index is 0.519. The molecule has 1 fully saturated rings. The first kappa shape index (κ1) is 18.1. The first-order valence-electron chi connectivity index (χ1n) is 8.96. The lowest BCUT2D eigenvalue weighted by atomic mass is 9.98. The summed E-state index contributed by atoms with van der Waals surface area (Å²) in [7, 11) is 5.24. The zero-order valence-corrected chi connectivity index (χ0v) is 15.7. The summed E-state index contributed by atoms with van der Waals surface area (Å²) in [4.78, 5) is 6.79. The van der Waals surface area contributed by atoms with Crippen LogP contribution in [-0.4, -0.2) is 45.2 Å². The van der Waals surface area contributed by atoms with Gasteiger partial charge < -0.3 is 19.7 Å². The molecule has 5 nitrogen and oxygen atoms in total. The van der Waals surface area contributed by atoms with Gasteiger partial charge >= 0.3 is 0 Å². The Balaban J connectivity index is 1.60. The average molecular weight is 353 g/mol. The number of guanidine groups is 1. The maximum atomic E-state index is 5.43. The first-order valence-corrected chi connectivity index (χ1v) is 8.96. The Morgan fingerprint density at radius 3 is 2.58 bits per heavy atom. The van der Waals surface area contributed by atoms with Crippen LogP contribution in [0.4, 0.5) is 0 Å². The standard InChI is InChI=1S/C21H27N3O2/c1-22-21(23-14-17-6-4-5-7-20(17)26-3)24-13-12-18(15-24)16-8-10-19(25-2)11-9-16/h4-11,18H,12-15H2,1-3H3,(H,22,23). The number of methoxy groups -OCH3 is 2. The zero-order valence-electron chi connectivity index (χ0n) is 15.7. The second kappa shape index (κ2) is 8.61. The van der Waals surface area contributed by atoms with Crippen molar-refractivity contribution in [2.24, 2.45) is 4.99 Å². The number of hydrogen-bond acceptors (Lipinski definition) is 3. The summed E-state index contributed by atoms with van der Waals surface area (Å²) in [5.74, 6) is 3.25. The molecule has 0 bridgehead atoms. The third-order valence-corrected chi connectivity index (χ3v) is 4.92. The van der Waals surface area contributed by atoms with Gasteiger partial charge in [-0.1, -0.05) is 30.3 Å². The second-order valence-electron chi connectivity index (χ2n) is 6.42. The molecule has 26 heavy (non-hydrogen) atoms. The first-order chi connectivity index (χ1) is 12.7. The Kier molecular flexibility index (Phi) is 6.00. The van der Waals surface area contributed by atoms with Crippen LogP contribution in [0.2, 0.25) is 0 Å². The number of benzene rings is 2. The Bertz CT molecular complexity index is 743. The van der Waals surface area contributed by atoms with Crippen molar-refractivity contribution < 1.29 is 9.47 Å². The van der Waals surface area contributed by atoms with E-state index in [1.165, 1.54) is 5.56 Å². The molecule has 5 heteroatoms. The van der Waals surface area contributed by atoms with Gasteiger partial charge in [0.2, 0.25) is 0 Å². The van der Waals surface area contributed by atoms with Crippen molar-refractivity contribution in [3.05, 3.63) is 59.7 Å². The van der Waals surface area contributed by atoms with Gasteiger partial charge in [-0.2, -0.15) is 0 Å². The smallest absolute Gasteiger partial charge is 0.193 e. The SMILES string of the molecule is CN=C(NCc1ccccc1OC)N1CCC(c2ccc(OC)cc2)C1. The third kappa shape index (κ3) is 4.10. The van der Waals surface area contributed by atoms with Crippen molar-refractivity contribution in [3.63, 3.8) is 0 Å². The van der Waals surface area contributed by atoms with Crippen LogP contribution < -0.4 is 14.8 Å². The van der Waals surface area contributed by atoms with Crippen LogP contribution in [0, 0.1) is 0 Å². The fourth-order valence-corrected chi connectivity index (χ4v) is 3.46. The van der Waals surface area contributed by atoms with Crippen molar-refractivity contribution in [1.82, 2.24) is 10.2 Å². The van der Waals surface area contributed by atoms with E-state index >= 15 is 0 Å². The summed E-state index contributed by atoms with van der Waals surface area (Å²) >= 11 is 0. The molecule has 1 aliphatic rings. The number of nitrogens with zero attached hydrogens (tertiary/aromatic N) is 2. The van der Waals surface area contributed by atoms with Crippen LogP contribution in [0.5, 0.6) is 11.5 Å². The lowest BCUT2D eigenvalue weighted by molar-refractivity contribution is 0.408. The van der Waals surface area contributed by atoms with Crippen LogP contribution >= 0.6 is 0 Å². The van der Waals surface area contributed by atoms with Crippen molar-refractivity contribution in [1.29, 1.82) is 0 Å². The molecule has 1 atom stereocenters. The Morgan fingerprint density at radius 2 is 1.88 bits per heavy atom. The van der Waals surface area contributed by atoms with Crippen molar-refractivity contribution in [3.8, 4) is 11.5 Å². The van der Waals surface area contributed by atoms with Gasteiger partial charge in [-0.15, -0.1) is 0 Å². The number of aliphatic imine (C=N–C) groups is 1. The molecule has 3 rings (SSSR count). The van der Waals surface area contributed by atoms with Crippen LogP contribution in [0.1, 0.15) is 23.5 Å². The predicted molar refractivity (Wildman–Crippen MR) is 105 cm³/mol. The molecule has 2 aromatic rings. The van der Waals surface area contributed by atoms with E-state index in [0.29, 0.717) is 12.5 Å². The Labute approximate surface area is 155 Å². The van der Waals surface area contributed by atoms with E-state index in [4.69, 9.17) is 9.47 Å². The molecule has 0 spiro atoms. The number of hydrogen-bond donors (Lipinski definition) is 1. The molecule has 1 unspecified atom stereocenters. The number of rotatable bonds is 5. The fourth-order valence-electron chi connectivity index (χ4n) is 3.46. The van der Waals surface area contributed by atoms with Crippen molar-refractivity contribution >= 4 is 5.96 Å². The highest BCUT2D eigenvalue weighted by Gasteiger charge is 2.26. The Hall–Kier alpha value is -2.69. The normalized spacial score (nSPS) is 17.3. The van der Waals surface area contributed by atoms with E-state index < -0.39 is 0 Å². The Morgan fingerprint density at radius 1 is 1.12 bits per heavy atom. The molecule has 1 heterocycles. The summed E-state index contributed by atoms with van der Waals surface area (Å²) in [5, 5.41) is 3.47. The molecule has 0 aromatic heterocycles. The molecule has 138 valence electrons. The quantitative estimate of drug-likeness (QED) is 0.662. The summed E-state index contributed by atoms with van der Waals surface area (Å²) in [6.45, 7) is 2.67. The largest absolute Gasteiger partial charge is 0.497 e. The summed E-state index contributed by atoms with van der Waals surface area (Å²) in [6.07, 6.45) is 1.13. The lowest BCUT2D eigenvalue weighted by Gasteiger charge is -2.22. The van der Waals surface area contributed by atoms with E-state index in [1.54, 1.807) is 14.2 Å². The summed E-state index contributed by atoms with van der Waals surface area (Å²) < 4.78 is 10.7. The molecule has 2 aromatic carbocycles. The highest BCUT2D eigenvalue weighted by Crippen LogP contribution is 2.28. The fraction of sp³-hybridized carbons (Fsp3) is 0.381. The topological polar surface area (TPSA) is 46.1 Å². The van der Waals surface area contributed by atoms with Crippen LogP contribution in [0.15, 0.2) is 53.5 Å².